The minimum absolute atomic E-state index is 0. The van der Waals surface area contributed by atoms with Gasteiger partial charge in [-0.2, -0.15) is 10.0 Å². The van der Waals surface area contributed by atoms with E-state index in [1.54, 1.807) is 0 Å². The van der Waals surface area contributed by atoms with E-state index in [1.807, 2.05) is 27.7 Å². The average Bonchev–Trinajstić information content (AvgIpc) is 3.15. The number of hydrogen-bond donors (Lipinski definition) is 0. The van der Waals surface area contributed by atoms with Gasteiger partial charge in [0.2, 0.25) is 0 Å². The summed E-state index contributed by atoms with van der Waals surface area (Å²) < 4.78 is 69.5. The monoisotopic (exact) mass is 898 g/mol. The van der Waals surface area contributed by atoms with Crippen molar-refractivity contribution in [3.8, 4) is 0 Å². The smallest absolute Gasteiger partial charge is 0.737 e. The molecule has 30 heteroatoms. The van der Waals surface area contributed by atoms with Crippen molar-refractivity contribution in [2.45, 2.75) is 60.1 Å². The molecule has 0 aromatic rings. The standard InChI is InChI=1S/C9H25N3O8Si2.C8H20O4Si.C7H19N3O5Si.CH4.2Na.H2O/c1-11(12(14)10-13)8-7-9-21(15-2,16-3)20-22(17-4,18-5)19-6;1-5-9-13(10-6-2,11-7-3)12-8-4;1-9(10(12)8-11)6-5-7-16(13-2,14-3)15-4;;;;/h13H,7-9H2,1-6H3;5-8H2,1-4H3;11H,5-7H2,1-4H3;1H4;;;1H2/q;;;;2*+1;/p-2. The van der Waals surface area contributed by atoms with Gasteiger partial charge >= 0.3 is 94.8 Å². The molecule has 0 rings (SSSR count). The number of hydrogen-bond acceptors (Lipinski definition) is 19. The fourth-order valence-electron chi connectivity index (χ4n) is 3.85. The van der Waals surface area contributed by atoms with E-state index in [0.717, 1.165) is 10.0 Å². The summed E-state index contributed by atoms with van der Waals surface area (Å²) in [6.45, 7) is 10.4. The van der Waals surface area contributed by atoms with Crippen LogP contribution in [0.1, 0.15) is 48.0 Å². The second kappa shape index (κ2) is 41.1. The Balaban J connectivity index is -0.000000125. The van der Waals surface area contributed by atoms with Crippen LogP contribution in [-0.4, -0.2) is 172 Å². The van der Waals surface area contributed by atoms with Crippen molar-refractivity contribution in [2.75, 3.05) is 110 Å². The van der Waals surface area contributed by atoms with E-state index in [-0.39, 0.29) is 88.5 Å². The van der Waals surface area contributed by atoms with E-state index in [1.165, 1.54) is 71.0 Å². The number of nitrogens with zero attached hydrogens (tertiary/aromatic N) is 6. The first-order chi connectivity index (χ1) is 24.2. The third kappa shape index (κ3) is 28.4. The predicted octanol–water partition coefficient (Wildman–Crippen LogP) is -3.74. The third-order valence-corrected chi connectivity index (χ3v) is 17.9. The molecule has 0 unspecified atom stereocenters. The van der Waals surface area contributed by atoms with Gasteiger partial charge in [0.1, 0.15) is 0 Å². The van der Waals surface area contributed by atoms with Gasteiger partial charge in [0.15, 0.2) is 0 Å². The van der Waals surface area contributed by atoms with Gasteiger partial charge in [-0.15, -0.1) is 0 Å². The van der Waals surface area contributed by atoms with Crippen molar-refractivity contribution in [1.29, 1.82) is 0 Å². The number of hydrazine groups is 2. The summed E-state index contributed by atoms with van der Waals surface area (Å²) in [5.74, 6) is 0. The van der Waals surface area contributed by atoms with Gasteiger partial charge in [-0.3, -0.25) is 0 Å². The Hall–Kier alpha value is 0.308. The largest absolute Gasteiger partial charge is 1.00 e. The Morgan fingerprint density at radius 2 is 0.782 bits per heavy atom. The van der Waals surface area contributed by atoms with Crippen molar-refractivity contribution in [3.63, 3.8) is 0 Å². The van der Waals surface area contributed by atoms with Crippen molar-refractivity contribution in [3.05, 3.63) is 20.8 Å². The predicted molar refractivity (Wildman–Crippen MR) is 200 cm³/mol. The maximum Gasteiger partial charge on any atom is 1.00 e. The SMILES string of the molecule is C.CCO[Si](OCC)(OCC)OCC.CO[Si](CCCN(C)[N+]([O-])=N[O-])(OC)OC.CO[Si](CCCN(C)[N+]([O-])=N[O-])(OC)O[Si](OC)(OC)OC.O.[Na+].[Na+]. The molecule has 0 aromatic carbocycles. The minimum atomic E-state index is -3.34. The van der Waals surface area contributed by atoms with Crippen LogP contribution in [0.5, 0.6) is 0 Å². The molecule has 24 nitrogen and oxygen atoms in total. The number of rotatable bonds is 28. The molecule has 0 heterocycles. The van der Waals surface area contributed by atoms with E-state index in [9.17, 15) is 20.8 Å². The van der Waals surface area contributed by atoms with Crippen LogP contribution in [0.4, 0.5) is 0 Å². The van der Waals surface area contributed by atoms with Gasteiger partial charge in [0.25, 0.3) is 0 Å². The van der Waals surface area contributed by atoms with Gasteiger partial charge in [0.05, 0.1) is 27.2 Å². The molecule has 0 saturated heterocycles. The van der Waals surface area contributed by atoms with Crippen LogP contribution in [0.2, 0.25) is 12.1 Å². The van der Waals surface area contributed by atoms with Crippen LogP contribution in [0, 0.1) is 20.8 Å². The Kier molecular flexibility index (Phi) is 52.2. The maximum absolute atomic E-state index is 11.0. The first kappa shape index (κ1) is 69.9. The summed E-state index contributed by atoms with van der Waals surface area (Å²) in [4.78, 5) is -0.0438. The van der Waals surface area contributed by atoms with Crippen LogP contribution in [0.25, 0.3) is 0 Å². The minimum Gasteiger partial charge on any atom is -0.737 e. The van der Waals surface area contributed by atoms with Crippen molar-refractivity contribution in [1.82, 2.24) is 10.0 Å². The normalized spacial score (nSPS) is 12.0. The van der Waals surface area contributed by atoms with Gasteiger partial charge in [-0.05, 0) is 51.1 Å². The van der Waals surface area contributed by atoms with Crippen LogP contribution in [0.15, 0.2) is 10.6 Å². The molecule has 0 spiro atoms. The summed E-state index contributed by atoms with van der Waals surface area (Å²) in [5, 5.41) is 48.6. The second-order valence-electron chi connectivity index (χ2n) is 9.47. The van der Waals surface area contributed by atoms with Gasteiger partial charge in [0, 0.05) is 105 Å². The Morgan fingerprint density at radius 1 is 0.509 bits per heavy atom. The molecule has 0 aromatic heterocycles. The van der Waals surface area contributed by atoms with E-state index in [2.05, 4.69) is 10.6 Å². The molecule has 0 fully saturated rings. The summed E-state index contributed by atoms with van der Waals surface area (Å²) in [6, 6.07) is 0.926. The average molecular weight is 899 g/mol. The summed E-state index contributed by atoms with van der Waals surface area (Å²) in [5.41, 5.74) is 0. The van der Waals surface area contributed by atoms with E-state index < -0.39 is 35.7 Å². The Labute approximate surface area is 376 Å². The van der Waals surface area contributed by atoms with Gasteiger partial charge in [-0.1, -0.05) is 7.43 Å². The van der Waals surface area contributed by atoms with Gasteiger partial charge in [-0.25, -0.2) is 0 Å². The zero-order valence-electron chi connectivity index (χ0n) is 35.2. The molecule has 0 aliphatic heterocycles. The van der Waals surface area contributed by atoms with Gasteiger partial charge < -0.3 is 83.5 Å². The fourth-order valence-corrected chi connectivity index (χ4v) is 12.7. The molecule has 0 aliphatic rings. The van der Waals surface area contributed by atoms with Crippen LogP contribution >= 0.6 is 0 Å². The zero-order chi connectivity index (χ0) is 40.0. The molecule has 0 bridgehead atoms. The third-order valence-electron chi connectivity index (χ3n) is 6.52. The Morgan fingerprint density at radius 3 is 1.00 bits per heavy atom. The Bertz CT molecular complexity index is 866. The van der Waals surface area contributed by atoms with Crippen LogP contribution < -0.4 is 59.1 Å². The molecular weight excluding hydrogens is 831 g/mol. The molecule has 0 saturated carbocycles. The van der Waals surface area contributed by atoms with Crippen molar-refractivity contribution < 1.29 is 132 Å². The molecule has 324 valence electrons. The molecule has 0 radical (unpaired) electrons. The summed E-state index contributed by atoms with van der Waals surface area (Å²) >= 11 is 0. The van der Waals surface area contributed by atoms with E-state index in [0.29, 0.717) is 57.9 Å². The van der Waals surface area contributed by atoms with Crippen LogP contribution in [0.3, 0.4) is 0 Å². The molecule has 0 amide bonds. The maximum atomic E-state index is 11.0. The summed E-state index contributed by atoms with van der Waals surface area (Å²) in [6.07, 6.45) is 1.06. The molecule has 2 N–H and O–H groups in total. The van der Waals surface area contributed by atoms with Crippen molar-refractivity contribution >= 4 is 35.7 Å². The van der Waals surface area contributed by atoms with E-state index >= 15 is 0 Å². The van der Waals surface area contributed by atoms with E-state index in [4.69, 9.17) is 57.2 Å². The van der Waals surface area contributed by atoms with Crippen molar-refractivity contribution in [2.24, 2.45) is 10.6 Å². The quantitative estimate of drug-likeness (QED) is 0.0316. The second-order valence-corrected chi connectivity index (χ2v) is 20.4. The molecule has 0 atom stereocenters. The first-order valence-electron chi connectivity index (χ1n) is 15.9. The topological polar surface area (TPSA) is 281 Å². The molecular formula is C25H68N6Na2O18Si4. The molecule has 0 aliphatic carbocycles. The van der Waals surface area contributed by atoms with Crippen LogP contribution in [-0.2, 0) is 57.2 Å². The zero-order valence-corrected chi connectivity index (χ0v) is 43.2. The first-order valence-corrected chi connectivity index (χ1v) is 23.0. The fraction of sp³-hybridized carbons (Fsp3) is 1.00. The molecule has 55 heavy (non-hydrogen) atoms. The summed E-state index contributed by atoms with van der Waals surface area (Å²) in [7, 11) is 2.76.